The summed E-state index contributed by atoms with van der Waals surface area (Å²) in [5.74, 6) is -0.734. The Balaban J connectivity index is 1.56. The second-order valence-corrected chi connectivity index (χ2v) is 7.15. The lowest BCUT2D eigenvalue weighted by Crippen LogP contribution is -2.20. The molecule has 0 unspecified atom stereocenters. The molecule has 2 amide bonds. The van der Waals surface area contributed by atoms with Crippen molar-refractivity contribution in [3.63, 3.8) is 0 Å². The van der Waals surface area contributed by atoms with Crippen molar-refractivity contribution in [2.75, 3.05) is 10.6 Å². The zero-order chi connectivity index (χ0) is 23.8. The third kappa shape index (κ3) is 4.47. The molecule has 168 valence electrons. The van der Waals surface area contributed by atoms with Crippen molar-refractivity contribution in [1.29, 1.82) is 0 Å². The summed E-state index contributed by atoms with van der Waals surface area (Å²) in [6, 6.07) is 9.60. The van der Waals surface area contributed by atoms with Gasteiger partial charge < -0.3 is 15.6 Å². The standard InChI is InChI=1S/C22H16F3N5O3/c1-12-5-6-15(28-19(31)13-3-2-4-14(9-13)22(23,24)25)10-17(12)29-21(33)30-8-7-16-18(30)26-11-27-20(16)32/h2-11H,1H3,(H,28,31)(H,29,33)(H,26,27,32). The number of rotatable bonds is 3. The summed E-state index contributed by atoms with van der Waals surface area (Å²) in [6.45, 7) is 1.73. The Labute approximate surface area is 184 Å². The number of benzene rings is 2. The third-order valence-corrected chi connectivity index (χ3v) is 4.89. The Hall–Kier alpha value is -4.41. The van der Waals surface area contributed by atoms with Crippen LogP contribution in [0.5, 0.6) is 0 Å². The number of amides is 2. The van der Waals surface area contributed by atoms with Crippen molar-refractivity contribution in [3.05, 3.63) is 88.1 Å². The number of carbonyl (C=O) groups is 2. The van der Waals surface area contributed by atoms with Crippen molar-refractivity contribution < 1.29 is 22.8 Å². The number of anilines is 2. The average Bonchev–Trinajstić information content (AvgIpc) is 3.21. The number of H-pyrrole nitrogens is 1. The van der Waals surface area contributed by atoms with Gasteiger partial charge in [-0.1, -0.05) is 12.1 Å². The normalized spacial score (nSPS) is 11.4. The number of carbonyl (C=O) groups excluding carboxylic acids is 2. The van der Waals surface area contributed by atoms with Crippen LogP contribution in [0, 0.1) is 6.92 Å². The maximum absolute atomic E-state index is 12.9. The van der Waals surface area contributed by atoms with Gasteiger partial charge in [-0.3, -0.25) is 14.2 Å². The van der Waals surface area contributed by atoms with E-state index in [0.717, 1.165) is 22.8 Å². The molecule has 0 aliphatic rings. The van der Waals surface area contributed by atoms with Gasteiger partial charge in [0.2, 0.25) is 0 Å². The van der Waals surface area contributed by atoms with Gasteiger partial charge in [0.1, 0.15) is 0 Å². The summed E-state index contributed by atoms with van der Waals surface area (Å²) < 4.78 is 39.9. The predicted molar refractivity (Wildman–Crippen MR) is 115 cm³/mol. The molecule has 8 nitrogen and oxygen atoms in total. The number of nitrogens with one attached hydrogen (secondary N) is 3. The van der Waals surface area contributed by atoms with Gasteiger partial charge in [-0.15, -0.1) is 0 Å². The lowest BCUT2D eigenvalue weighted by molar-refractivity contribution is -0.137. The molecule has 4 rings (SSSR count). The maximum atomic E-state index is 12.9. The highest BCUT2D eigenvalue weighted by molar-refractivity contribution is 6.05. The topological polar surface area (TPSA) is 109 Å². The molecule has 2 aromatic heterocycles. The Bertz CT molecular complexity index is 1440. The molecule has 4 aromatic rings. The molecule has 0 fully saturated rings. The largest absolute Gasteiger partial charge is 0.416 e. The summed E-state index contributed by atoms with van der Waals surface area (Å²) in [7, 11) is 0. The first kappa shape index (κ1) is 21.8. The van der Waals surface area contributed by atoms with Gasteiger partial charge in [0.05, 0.1) is 17.3 Å². The molecule has 3 N–H and O–H groups in total. The first-order valence-electron chi connectivity index (χ1n) is 9.59. The van der Waals surface area contributed by atoms with E-state index >= 15 is 0 Å². The first-order valence-corrected chi connectivity index (χ1v) is 9.59. The lowest BCUT2D eigenvalue weighted by Gasteiger charge is -2.13. The van der Waals surface area contributed by atoms with Gasteiger partial charge >= 0.3 is 12.2 Å². The number of aryl methyl sites for hydroxylation is 1. The molecule has 2 heterocycles. The van der Waals surface area contributed by atoms with E-state index < -0.39 is 23.7 Å². The molecule has 0 saturated heterocycles. The zero-order valence-electron chi connectivity index (χ0n) is 17.0. The van der Waals surface area contributed by atoms with Crippen molar-refractivity contribution in [2.24, 2.45) is 0 Å². The van der Waals surface area contributed by atoms with Gasteiger partial charge in [0, 0.05) is 23.1 Å². The van der Waals surface area contributed by atoms with Crippen LogP contribution < -0.4 is 16.2 Å². The fraction of sp³-hybridized carbons (Fsp3) is 0.0909. The second kappa shape index (κ2) is 8.26. The molecule has 11 heteroatoms. The van der Waals surface area contributed by atoms with Crippen LogP contribution >= 0.6 is 0 Å². The van der Waals surface area contributed by atoms with Crippen LogP contribution in [0.25, 0.3) is 11.0 Å². The molecule has 0 atom stereocenters. The van der Waals surface area contributed by atoms with Gasteiger partial charge in [-0.25, -0.2) is 9.78 Å². The van der Waals surface area contributed by atoms with Crippen LogP contribution in [-0.2, 0) is 6.18 Å². The van der Waals surface area contributed by atoms with E-state index in [2.05, 4.69) is 20.6 Å². The minimum atomic E-state index is -4.57. The monoisotopic (exact) mass is 455 g/mol. The van der Waals surface area contributed by atoms with Crippen LogP contribution in [0.2, 0.25) is 0 Å². The molecule has 0 saturated carbocycles. The molecule has 0 bridgehead atoms. The van der Waals surface area contributed by atoms with Crippen molar-refractivity contribution in [3.8, 4) is 0 Å². The summed E-state index contributed by atoms with van der Waals surface area (Å²) in [6.07, 6.45) is -1.99. The molecular weight excluding hydrogens is 439 g/mol. The second-order valence-electron chi connectivity index (χ2n) is 7.15. The highest BCUT2D eigenvalue weighted by Crippen LogP contribution is 2.30. The smallest absolute Gasteiger partial charge is 0.322 e. The van der Waals surface area contributed by atoms with Crippen molar-refractivity contribution in [2.45, 2.75) is 13.1 Å². The van der Waals surface area contributed by atoms with Gasteiger partial charge in [-0.2, -0.15) is 13.2 Å². The number of aromatic nitrogens is 3. The molecular formula is C22H16F3N5O3. The molecule has 0 aliphatic carbocycles. The Morgan fingerprint density at radius 2 is 1.85 bits per heavy atom. The number of hydrogen-bond acceptors (Lipinski definition) is 4. The first-order chi connectivity index (χ1) is 15.6. The number of aromatic amines is 1. The fourth-order valence-electron chi connectivity index (χ4n) is 3.18. The molecule has 33 heavy (non-hydrogen) atoms. The van der Waals surface area contributed by atoms with E-state index in [0.29, 0.717) is 11.3 Å². The lowest BCUT2D eigenvalue weighted by atomic mass is 10.1. The number of nitrogens with zero attached hydrogens (tertiary/aromatic N) is 2. The van der Waals surface area contributed by atoms with Crippen molar-refractivity contribution in [1.82, 2.24) is 14.5 Å². The number of fused-ring (bicyclic) bond motifs is 1. The van der Waals surface area contributed by atoms with Gasteiger partial charge in [-0.05, 0) is 48.9 Å². The number of alkyl halides is 3. The quantitative estimate of drug-likeness (QED) is 0.426. The highest BCUT2D eigenvalue weighted by atomic mass is 19.4. The van der Waals surface area contributed by atoms with E-state index in [4.69, 9.17) is 0 Å². The molecule has 0 aliphatic heterocycles. The molecule has 2 aromatic carbocycles. The van der Waals surface area contributed by atoms with Crippen LogP contribution in [0.3, 0.4) is 0 Å². The SMILES string of the molecule is Cc1ccc(NC(=O)c2cccc(C(F)(F)F)c2)cc1NC(=O)n1ccc2c(=O)[nH]cnc21. The van der Waals surface area contributed by atoms with Crippen LogP contribution in [-0.4, -0.2) is 26.5 Å². The van der Waals surface area contributed by atoms with E-state index in [1.54, 1.807) is 19.1 Å². The van der Waals surface area contributed by atoms with Crippen molar-refractivity contribution >= 4 is 34.3 Å². The van der Waals surface area contributed by atoms with E-state index in [1.165, 1.54) is 30.7 Å². The minimum absolute atomic E-state index is 0.161. The van der Waals surface area contributed by atoms with E-state index in [9.17, 15) is 27.6 Å². The highest BCUT2D eigenvalue weighted by Gasteiger charge is 2.30. The summed E-state index contributed by atoms with van der Waals surface area (Å²) in [4.78, 5) is 43.5. The van der Waals surface area contributed by atoms with Gasteiger partial charge in [0.15, 0.2) is 5.65 Å². The van der Waals surface area contributed by atoms with Crippen LogP contribution in [0.1, 0.15) is 21.5 Å². The number of halogens is 3. The molecule has 0 radical (unpaired) electrons. The molecule has 0 spiro atoms. The summed E-state index contributed by atoms with van der Waals surface area (Å²) >= 11 is 0. The maximum Gasteiger partial charge on any atom is 0.416 e. The average molecular weight is 455 g/mol. The van der Waals surface area contributed by atoms with Crippen LogP contribution in [0.4, 0.5) is 29.3 Å². The van der Waals surface area contributed by atoms with Gasteiger partial charge in [0.25, 0.3) is 11.5 Å². The minimum Gasteiger partial charge on any atom is -0.322 e. The van der Waals surface area contributed by atoms with E-state index in [1.807, 2.05) is 0 Å². The fourth-order valence-corrected chi connectivity index (χ4v) is 3.18. The Kier molecular flexibility index (Phi) is 5.46. The predicted octanol–water partition coefficient (Wildman–Crippen LogP) is 4.38. The summed E-state index contributed by atoms with van der Waals surface area (Å²) in [5.41, 5.74) is -0.0177. The zero-order valence-corrected chi connectivity index (χ0v) is 17.0. The Morgan fingerprint density at radius 3 is 2.61 bits per heavy atom. The third-order valence-electron chi connectivity index (χ3n) is 4.89. The van der Waals surface area contributed by atoms with E-state index in [-0.39, 0.29) is 27.8 Å². The Morgan fingerprint density at radius 1 is 1.06 bits per heavy atom. The van der Waals surface area contributed by atoms with Crippen LogP contribution in [0.15, 0.2) is 65.8 Å². The number of hydrogen-bond donors (Lipinski definition) is 3. The summed E-state index contributed by atoms with van der Waals surface area (Å²) in [5, 5.41) is 5.45.